The first kappa shape index (κ1) is 36.4. The average Bonchev–Trinajstić information content (AvgIpc) is 3.57. The van der Waals surface area contributed by atoms with Gasteiger partial charge in [0.1, 0.15) is 40.8 Å². The largest absolute Gasteiger partial charge is 0.508 e. The zero-order valence-electron chi connectivity index (χ0n) is 29.2. The molecule has 0 bridgehead atoms. The molecule has 2 fully saturated rings. The highest BCUT2D eigenvalue weighted by Crippen LogP contribution is 2.46. The Labute approximate surface area is 290 Å². The van der Waals surface area contributed by atoms with Gasteiger partial charge in [0.05, 0.1) is 38.4 Å². The quantitative estimate of drug-likeness (QED) is 0.229. The number of aromatic nitrogens is 1. The molecule has 3 amide bonds. The summed E-state index contributed by atoms with van der Waals surface area (Å²) in [7, 11) is 2.54. The van der Waals surface area contributed by atoms with E-state index in [4.69, 9.17) is 18.9 Å². The third-order valence-electron chi connectivity index (χ3n) is 9.14. The number of ether oxygens (including phenoxy) is 4. The highest BCUT2D eigenvalue weighted by atomic mass is 16.6. The average molecular weight is 695 g/mol. The molecule has 0 spiro atoms. The number of methoxy groups -OCH3 is 2. The number of pyridine rings is 1. The minimum Gasteiger partial charge on any atom is -0.508 e. The number of aromatic hydroxyl groups is 1. The number of phenols is 1. The van der Waals surface area contributed by atoms with Gasteiger partial charge < -0.3 is 39.6 Å². The number of hydrogen-bond acceptors (Lipinski definition) is 11. The van der Waals surface area contributed by atoms with Gasteiger partial charge in [0.2, 0.25) is 11.8 Å². The van der Waals surface area contributed by atoms with Crippen LogP contribution in [-0.2, 0) is 39.8 Å². The summed E-state index contributed by atoms with van der Waals surface area (Å²) in [5.41, 5.74) is -1.34. The molecule has 1 aliphatic carbocycles. The van der Waals surface area contributed by atoms with Crippen molar-refractivity contribution in [2.45, 2.75) is 101 Å². The molecule has 2 aliphatic heterocycles. The minimum absolute atomic E-state index is 0.0216. The molecule has 2 aromatic rings. The lowest BCUT2D eigenvalue weighted by Gasteiger charge is -2.30. The van der Waals surface area contributed by atoms with Gasteiger partial charge in [-0.05, 0) is 58.6 Å². The van der Waals surface area contributed by atoms with Crippen molar-refractivity contribution in [1.29, 1.82) is 0 Å². The van der Waals surface area contributed by atoms with Crippen molar-refractivity contribution in [2.75, 3.05) is 20.8 Å². The highest BCUT2D eigenvalue weighted by Gasteiger charge is 2.62. The third-order valence-corrected chi connectivity index (χ3v) is 9.14. The zero-order valence-corrected chi connectivity index (χ0v) is 29.2. The zero-order chi connectivity index (χ0) is 36.2. The van der Waals surface area contributed by atoms with Gasteiger partial charge in [-0.15, -0.1) is 0 Å². The Morgan fingerprint density at radius 1 is 1.10 bits per heavy atom. The number of nitrogens with one attached hydrogen (secondary N) is 2. The first-order chi connectivity index (χ1) is 23.7. The van der Waals surface area contributed by atoms with Crippen LogP contribution in [-0.4, -0.2) is 94.9 Å². The van der Waals surface area contributed by atoms with Crippen LogP contribution in [0, 0.1) is 5.92 Å². The molecular weight excluding hydrogens is 648 g/mol. The van der Waals surface area contributed by atoms with Crippen molar-refractivity contribution in [3.8, 4) is 11.5 Å². The summed E-state index contributed by atoms with van der Waals surface area (Å²) in [5.74, 6) is -2.07. The maximum Gasteiger partial charge on any atom is 0.408 e. The number of carbonyl (C=O) groups excluding carboxylic acids is 5. The number of nitrogens with zero attached hydrogens (tertiary/aromatic N) is 2. The monoisotopic (exact) mass is 694 g/mol. The SMILES string of the molecule is COC(=O)Cc1cc(O[C@@H]2C[C@H]3C(=O)N[C@]4(C(=O)OC)CC4/C=C\CCCCC[C@H](NC(=O)OC(C)(C)C)C(=O)N3C2)c2ccc(O)cc2n1. The summed E-state index contributed by atoms with van der Waals surface area (Å²) in [6.07, 6.45) is 6.10. The predicted octanol–water partition coefficient (Wildman–Crippen LogP) is 3.47. The van der Waals surface area contributed by atoms with Gasteiger partial charge >= 0.3 is 18.0 Å². The first-order valence-electron chi connectivity index (χ1n) is 17.0. The Bertz CT molecular complexity index is 1670. The van der Waals surface area contributed by atoms with E-state index in [9.17, 15) is 29.1 Å². The normalized spacial score (nSPS) is 26.3. The Morgan fingerprint density at radius 3 is 2.60 bits per heavy atom. The van der Waals surface area contributed by atoms with Crippen LogP contribution >= 0.6 is 0 Å². The summed E-state index contributed by atoms with van der Waals surface area (Å²) < 4.78 is 21.8. The molecule has 1 aromatic heterocycles. The van der Waals surface area contributed by atoms with Gasteiger partial charge in [0.15, 0.2) is 0 Å². The fraction of sp³-hybridized carbons (Fsp3) is 0.556. The summed E-state index contributed by atoms with van der Waals surface area (Å²) in [6.45, 7) is 5.16. The molecule has 3 aliphatic rings. The van der Waals surface area contributed by atoms with Crippen LogP contribution in [0.5, 0.6) is 11.5 Å². The van der Waals surface area contributed by atoms with Crippen molar-refractivity contribution < 1.29 is 48.0 Å². The molecule has 3 heterocycles. The van der Waals surface area contributed by atoms with Gasteiger partial charge in [-0.1, -0.05) is 25.0 Å². The lowest BCUT2D eigenvalue weighted by atomic mass is 10.0. The van der Waals surface area contributed by atoms with Crippen LogP contribution in [0.1, 0.15) is 71.4 Å². The molecular formula is C36H46N4O10. The molecule has 270 valence electrons. The van der Waals surface area contributed by atoms with Gasteiger partial charge in [0, 0.05) is 29.9 Å². The summed E-state index contributed by atoms with van der Waals surface area (Å²) >= 11 is 0. The fourth-order valence-electron chi connectivity index (χ4n) is 6.59. The van der Waals surface area contributed by atoms with E-state index in [1.807, 2.05) is 12.2 Å². The molecule has 14 heteroatoms. The van der Waals surface area contributed by atoms with Crippen LogP contribution in [0.4, 0.5) is 4.79 Å². The van der Waals surface area contributed by atoms with E-state index in [-0.39, 0.29) is 31.1 Å². The number of fused-ring (bicyclic) bond motifs is 3. The Balaban J connectivity index is 1.49. The molecule has 1 unspecified atom stereocenters. The fourth-order valence-corrected chi connectivity index (χ4v) is 6.59. The van der Waals surface area contributed by atoms with Crippen LogP contribution in [0.15, 0.2) is 36.4 Å². The number of esters is 2. The summed E-state index contributed by atoms with van der Waals surface area (Å²) in [6, 6.07) is 4.10. The Morgan fingerprint density at radius 2 is 1.88 bits per heavy atom. The molecule has 5 atom stereocenters. The van der Waals surface area contributed by atoms with Crippen molar-refractivity contribution in [2.24, 2.45) is 5.92 Å². The van der Waals surface area contributed by atoms with Crippen LogP contribution < -0.4 is 15.4 Å². The second kappa shape index (κ2) is 14.9. The number of phenolic OH excluding ortho intramolecular Hbond substituents is 1. The number of rotatable bonds is 6. The Hall–Kier alpha value is -4.88. The summed E-state index contributed by atoms with van der Waals surface area (Å²) in [4.78, 5) is 72.4. The first-order valence-corrected chi connectivity index (χ1v) is 17.0. The number of benzene rings is 1. The molecule has 50 heavy (non-hydrogen) atoms. The molecule has 0 radical (unpaired) electrons. The molecule has 5 rings (SSSR count). The van der Waals surface area contributed by atoms with Gasteiger partial charge in [-0.25, -0.2) is 9.59 Å². The third kappa shape index (κ3) is 8.45. The number of amides is 3. The van der Waals surface area contributed by atoms with Crippen molar-refractivity contribution in [3.63, 3.8) is 0 Å². The van der Waals surface area contributed by atoms with E-state index in [1.54, 1.807) is 32.9 Å². The lowest BCUT2D eigenvalue weighted by Crippen LogP contribution is -2.56. The second-order valence-electron chi connectivity index (χ2n) is 14.1. The van der Waals surface area contributed by atoms with Crippen molar-refractivity contribution >= 4 is 40.7 Å². The van der Waals surface area contributed by atoms with Crippen LogP contribution in [0.2, 0.25) is 0 Å². The van der Waals surface area contributed by atoms with E-state index in [0.29, 0.717) is 41.6 Å². The molecule has 1 aromatic carbocycles. The second-order valence-corrected chi connectivity index (χ2v) is 14.1. The maximum atomic E-state index is 14.4. The van der Waals surface area contributed by atoms with Gasteiger partial charge in [-0.2, -0.15) is 0 Å². The van der Waals surface area contributed by atoms with E-state index < -0.39 is 59.2 Å². The maximum absolute atomic E-state index is 14.4. The highest BCUT2D eigenvalue weighted by molar-refractivity contribution is 5.96. The smallest absolute Gasteiger partial charge is 0.408 e. The lowest BCUT2D eigenvalue weighted by molar-refractivity contribution is -0.148. The number of carbonyl (C=O) groups is 5. The number of hydrogen-bond donors (Lipinski definition) is 3. The van der Waals surface area contributed by atoms with E-state index in [0.717, 1.165) is 19.3 Å². The topological polar surface area (TPSA) is 183 Å². The van der Waals surface area contributed by atoms with E-state index in [1.165, 1.54) is 31.3 Å². The molecule has 1 saturated heterocycles. The van der Waals surface area contributed by atoms with Crippen molar-refractivity contribution in [3.05, 3.63) is 42.1 Å². The van der Waals surface area contributed by atoms with Crippen molar-refractivity contribution in [1.82, 2.24) is 20.5 Å². The van der Waals surface area contributed by atoms with Gasteiger partial charge in [0.25, 0.3) is 0 Å². The van der Waals surface area contributed by atoms with Gasteiger partial charge in [-0.3, -0.25) is 19.4 Å². The predicted molar refractivity (Wildman–Crippen MR) is 180 cm³/mol. The molecule has 14 nitrogen and oxygen atoms in total. The minimum atomic E-state index is -1.25. The number of alkyl carbamates (subject to hydrolysis) is 1. The van der Waals surface area contributed by atoms with E-state index >= 15 is 0 Å². The van der Waals surface area contributed by atoms with Crippen LogP contribution in [0.25, 0.3) is 10.9 Å². The molecule has 3 N–H and O–H groups in total. The Kier molecular flexibility index (Phi) is 10.9. The van der Waals surface area contributed by atoms with E-state index in [2.05, 4.69) is 15.6 Å². The number of allylic oxidation sites excluding steroid dienone is 1. The molecule has 1 saturated carbocycles. The van der Waals surface area contributed by atoms with Crippen LogP contribution in [0.3, 0.4) is 0 Å². The summed E-state index contributed by atoms with van der Waals surface area (Å²) in [5, 5.41) is 16.3. The standard InChI is InChI=1S/C36H46N4O10/c1-35(2,3)50-34(46)38-26-12-10-8-6-7-9-11-21-19-36(21,33(45)48-5)39-31(43)28-18-24(20-40(28)32(26)44)49-29-15-22(16-30(42)47-4)37-27-17-23(41)13-14-25(27)29/h9,11,13-15,17,21,24,26,28,41H,6-8,10,12,16,18-20H2,1-5H3,(H,38,46)(H,39,43)/b11-9-/t21?,24-,26+,28+,36-/m1/s1.